The molecule has 0 atom stereocenters. The quantitative estimate of drug-likeness (QED) is 0.831. The van der Waals surface area contributed by atoms with Crippen LogP contribution in [0.3, 0.4) is 0 Å². The van der Waals surface area contributed by atoms with E-state index in [9.17, 15) is 8.78 Å². The molecule has 0 aromatic heterocycles. The van der Waals surface area contributed by atoms with E-state index in [0.717, 1.165) is 12.1 Å². The summed E-state index contributed by atoms with van der Waals surface area (Å²) in [5.74, 6) is 0.597. The zero-order valence-electron chi connectivity index (χ0n) is 11.2. The highest BCUT2D eigenvalue weighted by Crippen LogP contribution is 2.37. The van der Waals surface area contributed by atoms with Crippen molar-refractivity contribution in [3.63, 3.8) is 0 Å². The molecular formula is C13H18ClF2NO2. The zero-order valence-corrected chi connectivity index (χ0v) is 11.9. The van der Waals surface area contributed by atoms with E-state index >= 15 is 0 Å². The Bertz CT molecular complexity index is 414. The van der Waals surface area contributed by atoms with Gasteiger partial charge in [-0.2, -0.15) is 8.78 Å². The lowest BCUT2D eigenvalue weighted by Crippen LogP contribution is -2.19. The van der Waals surface area contributed by atoms with Crippen molar-refractivity contribution in [1.29, 1.82) is 0 Å². The van der Waals surface area contributed by atoms with Crippen LogP contribution in [-0.4, -0.2) is 20.3 Å². The Hall–Kier alpha value is -1.07. The third-order valence-corrected chi connectivity index (χ3v) is 2.66. The van der Waals surface area contributed by atoms with Crippen LogP contribution >= 0.6 is 11.6 Å². The van der Waals surface area contributed by atoms with Crippen LogP contribution in [-0.2, 0) is 6.54 Å². The van der Waals surface area contributed by atoms with Crippen molar-refractivity contribution < 1.29 is 18.3 Å². The van der Waals surface area contributed by atoms with Crippen LogP contribution in [0.4, 0.5) is 8.78 Å². The van der Waals surface area contributed by atoms with E-state index in [0.29, 0.717) is 12.5 Å². The molecule has 0 aliphatic heterocycles. The van der Waals surface area contributed by atoms with Crippen LogP contribution in [0.5, 0.6) is 11.5 Å². The standard InChI is InChI=1S/C13H18ClF2NO2/c1-8(2)6-17-7-9-4-10(14)12(19-13(15)16)11(5-9)18-3/h4-5,8,13,17H,6-7H2,1-3H3. The highest BCUT2D eigenvalue weighted by atomic mass is 35.5. The number of halogens is 3. The topological polar surface area (TPSA) is 30.5 Å². The molecular weight excluding hydrogens is 276 g/mol. The molecule has 0 radical (unpaired) electrons. The van der Waals surface area contributed by atoms with Gasteiger partial charge in [-0.3, -0.25) is 0 Å². The fourth-order valence-corrected chi connectivity index (χ4v) is 1.86. The fourth-order valence-electron chi connectivity index (χ4n) is 1.58. The summed E-state index contributed by atoms with van der Waals surface area (Å²) >= 11 is 5.93. The second kappa shape index (κ2) is 7.50. The average Bonchev–Trinajstić information content (AvgIpc) is 2.31. The van der Waals surface area contributed by atoms with Gasteiger partial charge >= 0.3 is 6.61 Å². The van der Waals surface area contributed by atoms with Crippen molar-refractivity contribution in [2.24, 2.45) is 5.92 Å². The molecule has 3 nitrogen and oxygen atoms in total. The monoisotopic (exact) mass is 293 g/mol. The van der Waals surface area contributed by atoms with Gasteiger partial charge in [0.2, 0.25) is 0 Å². The van der Waals surface area contributed by atoms with Crippen molar-refractivity contribution in [2.75, 3.05) is 13.7 Å². The Kier molecular flexibility index (Phi) is 6.31. The molecule has 0 spiro atoms. The first-order valence-electron chi connectivity index (χ1n) is 5.96. The highest BCUT2D eigenvalue weighted by Gasteiger charge is 2.16. The summed E-state index contributed by atoms with van der Waals surface area (Å²) in [5, 5.41) is 3.35. The van der Waals surface area contributed by atoms with E-state index in [1.807, 2.05) is 0 Å². The molecule has 1 aromatic carbocycles. The number of hydrogen-bond donors (Lipinski definition) is 1. The van der Waals surface area contributed by atoms with Crippen LogP contribution in [0.15, 0.2) is 12.1 Å². The maximum atomic E-state index is 12.3. The first kappa shape index (κ1) is 16.0. The van der Waals surface area contributed by atoms with Crippen LogP contribution in [0, 0.1) is 5.92 Å². The van der Waals surface area contributed by atoms with E-state index < -0.39 is 6.61 Å². The Morgan fingerprint density at radius 2 is 2.00 bits per heavy atom. The van der Waals surface area contributed by atoms with Crippen LogP contribution in [0.1, 0.15) is 19.4 Å². The van der Waals surface area contributed by atoms with Gasteiger partial charge in [0.05, 0.1) is 12.1 Å². The average molecular weight is 294 g/mol. The fraction of sp³-hybridized carbons (Fsp3) is 0.538. The molecule has 0 saturated heterocycles. The predicted octanol–water partition coefficient (Wildman–Crippen LogP) is 3.70. The molecule has 0 amide bonds. The number of rotatable bonds is 7. The maximum Gasteiger partial charge on any atom is 0.387 e. The van der Waals surface area contributed by atoms with Gasteiger partial charge in [-0.25, -0.2) is 0 Å². The Morgan fingerprint density at radius 3 is 2.53 bits per heavy atom. The maximum absolute atomic E-state index is 12.3. The molecule has 1 rings (SSSR count). The molecule has 6 heteroatoms. The molecule has 1 N–H and O–H groups in total. The molecule has 108 valence electrons. The molecule has 0 unspecified atom stereocenters. The summed E-state index contributed by atoms with van der Waals surface area (Å²) in [4.78, 5) is 0. The lowest BCUT2D eigenvalue weighted by molar-refractivity contribution is -0.0511. The minimum absolute atomic E-state index is 0.112. The Labute approximate surface area is 116 Å². The van der Waals surface area contributed by atoms with Crippen LogP contribution in [0.2, 0.25) is 5.02 Å². The normalized spacial score (nSPS) is 11.2. The van der Waals surface area contributed by atoms with Crippen molar-refractivity contribution >= 4 is 11.6 Å². The molecule has 0 saturated carbocycles. The van der Waals surface area contributed by atoms with E-state index in [1.54, 1.807) is 12.1 Å². The lowest BCUT2D eigenvalue weighted by Gasteiger charge is -2.14. The third kappa shape index (κ3) is 5.20. The van der Waals surface area contributed by atoms with Crippen molar-refractivity contribution in [3.05, 3.63) is 22.7 Å². The van der Waals surface area contributed by atoms with E-state index in [1.165, 1.54) is 7.11 Å². The van der Waals surface area contributed by atoms with Gasteiger partial charge in [-0.15, -0.1) is 0 Å². The SMILES string of the molecule is COc1cc(CNCC(C)C)cc(Cl)c1OC(F)F. The first-order chi connectivity index (χ1) is 8.93. The summed E-state index contributed by atoms with van der Waals surface area (Å²) in [6.07, 6.45) is 0. The number of ether oxygens (including phenoxy) is 2. The molecule has 0 aliphatic carbocycles. The van der Waals surface area contributed by atoms with Gasteiger partial charge in [0.1, 0.15) is 0 Å². The Morgan fingerprint density at radius 1 is 1.32 bits per heavy atom. The Balaban J connectivity index is 2.83. The first-order valence-corrected chi connectivity index (χ1v) is 6.33. The highest BCUT2D eigenvalue weighted by molar-refractivity contribution is 6.32. The molecule has 0 bridgehead atoms. The van der Waals surface area contributed by atoms with Gasteiger partial charge in [0, 0.05) is 6.54 Å². The third-order valence-electron chi connectivity index (χ3n) is 2.38. The molecule has 0 aliphatic rings. The second-order valence-electron chi connectivity index (χ2n) is 4.51. The van der Waals surface area contributed by atoms with E-state index in [4.69, 9.17) is 16.3 Å². The van der Waals surface area contributed by atoms with E-state index in [-0.39, 0.29) is 16.5 Å². The van der Waals surface area contributed by atoms with Gasteiger partial charge < -0.3 is 14.8 Å². The second-order valence-corrected chi connectivity index (χ2v) is 4.92. The van der Waals surface area contributed by atoms with Crippen LogP contribution in [0.25, 0.3) is 0 Å². The summed E-state index contributed by atoms with van der Waals surface area (Å²) in [7, 11) is 1.38. The zero-order chi connectivity index (χ0) is 14.4. The lowest BCUT2D eigenvalue weighted by atomic mass is 10.1. The van der Waals surface area contributed by atoms with Gasteiger partial charge in [0.25, 0.3) is 0 Å². The number of methoxy groups -OCH3 is 1. The summed E-state index contributed by atoms with van der Waals surface area (Å²) < 4.78 is 33.9. The molecule has 1 aromatic rings. The summed E-state index contributed by atoms with van der Waals surface area (Å²) in [5.41, 5.74) is 0.851. The molecule has 19 heavy (non-hydrogen) atoms. The van der Waals surface area contributed by atoms with Gasteiger partial charge in [-0.1, -0.05) is 25.4 Å². The van der Waals surface area contributed by atoms with Crippen molar-refractivity contribution in [2.45, 2.75) is 27.0 Å². The minimum atomic E-state index is -2.93. The van der Waals surface area contributed by atoms with Gasteiger partial charge in [0.15, 0.2) is 11.5 Å². The van der Waals surface area contributed by atoms with Crippen LogP contribution < -0.4 is 14.8 Å². The number of hydrogen-bond acceptors (Lipinski definition) is 3. The van der Waals surface area contributed by atoms with Gasteiger partial charge in [-0.05, 0) is 30.2 Å². The van der Waals surface area contributed by atoms with Crippen molar-refractivity contribution in [1.82, 2.24) is 5.32 Å². The minimum Gasteiger partial charge on any atom is -0.493 e. The smallest absolute Gasteiger partial charge is 0.387 e. The largest absolute Gasteiger partial charge is 0.493 e. The molecule has 0 heterocycles. The number of nitrogens with one attached hydrogen (secondary N) is 1. The summed E-state index contributed by atoms with van der Waals surface area (Å²) in [6, 6.07) is 3.23. The van der Waals surface area contributed by atoms with E-state index in [2.05, 4.69) is 23.9 Å². The number of alkyl halides is 2. The molecule has 0 fully saturated rings. The number of benzene rings is 1. The summed E-state index contributed by atoms with van der Waals surface area (Å²) in [6.45, 7) is 2.70. The predicted molar refractivity (Wildman–Crippen MR) is 71.2 cm³/mol. The van der Waals surface area contributed by atoms with Crippen molar-refractivity contribution in [3.8, 4) is 11.5 Å².